The van der Waals surface area contributed by atoms with Crippen LogP contribution >= 0.6 is 0 Å². The molecular weight excluding hydrogens is 392 g/mol. The molecule has 0 atom stereocenters. The van der Waals surface area contributed by atoms with E-state index in [1.54, 1.807) is 7.11 Å². The molecule has 1 N–H and O–H groups in total. The quantitative estimate of drug-likeness (QED) is 0.689. The van der Waals surface area contributed by atoms with E-state index in [4.69, 9.17) is 11.2 Å². The first kappa shape index (κ1) is 22.9. The number of ether oxygens (including phenoxy) is 1. The molecule has 31 heavy (non-hydrogen) atoms. The fourth-order valence-electron chi connectivity index (χ4n) is 4.18. The van der Waals surface area contributed by atoms with Crippen molar-refractivity contribution in [2.75, 3.05) is 53.0 Å². The maximum atomic E-state index is 13.2. The molecule has 1 fully saturated rings. The van der Waals surface area contributed by atoms with Crippen molar-refractivity contribution in [3.63, 3.8) is 0 Å². The number of aromatic nitrogens is 1. The molecule has 2 aromatic rings. The molecule has 0 saturated carbocycles. The van der Waals surface area contributed by atoms with Gasteiger partial charge in [-0.25, -0.2) is 0 Å². The Kier molecular flexibility index (Phi) is 7.72. The number of aryl methyl sites for hydroxylation is 1. The summed E-state index contributed by atoms with van der Waals surface area (Å²) in [6, 6.07) is 5.97. The van der Waals surface area contributed by atoms with E-state index >= 15 is 0 Å². The minimum atomic E-state index is -0.0768. The first-order chi connectivity index (χ1) is 15.0. The molecule has 0 spiro atoms. The third kappa shape index (κ3) is 5.27. The van der Waals surface area contributed by atoms with Crippen LogP contribution < -0.4 is 5.32 Å². The van der Waals surface area contributed by atoms with E-state index in [0.29, 0.717) is 38.3 Å². The van der Waals surface area contributed by atoms with Crippen molar-refractivity contribution in [2.45, 2.75) is 26.8 Å². The lowest BCUT2D eigenvalue weighted by atomic mass is 10.1. The first-order valence-corrected chi connectivity index (χ1v) is 10.8. The van der Waals surface area contributed by atoms with Crippen molar-refractivity contribution in [2.24, 2.45) is 0 Å². The Morgan fingerprint density at radius 2 is 2.00 bits per heavy atom. The largest absolute Gasteiger partial charge is 0.383 e. The van der Waals surface area contributed by atoms with Crippen LogP contribution in [-0.4, -0.2) is 79.2 Å². The molecule has 7 nitrogen and oxygen atoms in total. The van der Waals surface area contributed by atoms with E-state index in [2.05, 4.69) is 34.6 Å². The number of methoxy groups -OCH3 is 1. The summed E-state index contributed by atoms with van der Waals surface area (Å²) < 4.78 is 7.49. The lowest BCUT2D eigenvalue weighted by Crippen LogP contribution is -2.40. The lowest BCUT2D eigenvalue weighted by molar-refractivity contribution is -0.121. The zero-order valence-corrected chi connectivity index (χ0v) is 18.7. The minimum Gasteiger partial charge on any atom is -0.383 e. The van der Waals surface area contributed by atoms with Crippen LogP contribution in [0.2, 0.25) is 0 Å². The number of benzene rings is 1. The highest BCUT2D eigenvalue weighted by molar-refractivity contribution is 5.99. The molecule has 166 valence electrons. The second-order valence-corrected chi connectivity index (χ2v) is 7.99. The average molecular weight is 425 g/mol. The van der Waals surface area contributed by atoms with Gasteiger partial charge in [-0.3, -0.25) is 14.5 Å². The van der Waals surface area contributed by atoms with E-state index in [-0.39, 0.29) is 18.4 Å². The molecule has 1 aliphatic rings. The van der Waals surface area contributed by atoms with Crippen molar-refractivity contribution in [3.05, 3.63) is 35.0 Å². The molecule has 1 aliphatic heterocycles. The molecule has 0 radical (unpaired) electrons. The highest BCUT2D eigenvalue weighted by Gasteiger charge is 2.22. The van der Waals surface area contributed by atoms with Gasteiger partial charge in [-0.1, -0.05) is 5.92 Å². The van der Waals surface area contributed by atoms with Crippen LogP contribution in [0.25, 0.3) is 10.9 Å². The molecule has 1 aromatic carbocycles. The molecule has 1 saturated heterocycles. The predicted octanol–water partition coefficient (Wildman–Crippen LogP) is 1.80. The van der Waals surface area contributed by atoms with E-state index in [1.807, 2.05) is 23.1 Å². The molecule has 0 bridgehead atoms. The van der Waals surface area contributed by atoms with Gasteiger partial charge < -0.3 is 19.5 Å². The molecule has 1 aromatic heterocycles. The number of nitrogens with zero attached hydrogens (tertiary/aromatic N) is 3. The summed E-state index contributed by atoms with van der Waals surface area (Å²) in [5, 5.41) is 3.81. The molecule has 7 heteroatoms. The van der Waals surface area contributed by atoms with Crippen LogP contribution in [0.3, 0.4) is 0 Å². The van der Waals surface area contributed by atoms with Gasteiger partial charge in [0.2, 0.25) is 5.91 Å². The second-order valence-electron chi connectivity index (χ2n) is 7.99. The number of hydrogen-bond donors (Lipinski definition) is 1. The number of nitrogens with one attached hydrogen (secondary N) is 1. The Morgan fingerprint density at radius 1 is 1.19 bits per heavy atom. The van der Waals surface area contributed by atoms with E-state index < -0.39 is 0 Å². The van der Waals surface area contributed by atoms with Gasteiger partial charge in [-0.05, 0) is 44.0 Å². The van der Waals surface area contributed by atoms with Crippen LogP contribution in [0, 0.1) is 26.2 Å². The van der Waals surface area contributed by atoms with Crippen LogP contribution in [-0.2, 0) is 16.1 Å². The maximum absolute atomic E-state index is 13.2. The SMILES string of the molecule is C#CCNC(=O)CN1CCCN(C(=O)c2ccc3c(c2)c(C)c(C)n3CCOC)CC1. The molecule has 2 amide bonds. The zero-order valence-electron chi connectivity index (χ0n) is 18.7. The van der Waals surface area contributed by atoms with Crippen molar-refractivity contribution >= 4 is 22.7 Å². The highest BCUT2D eigenvalue weighted by atomic mass is 16.5. The fraction of sp³-hybridized carbons (Fsp3) is 0.500. The summed E-state index contributed by atoms with van der Waals surface area (Å²) >= 11 is 0. The van der Waals surface area contributed by atoms with Crippen LogP contribution in [0.15, 0.2) is 18.2 Å². The topological polar surface area (TPSA) is 66.8 Å². The van der Waals surface area contributed by atoms with Gasteiger partial charge in [-0.15, -0.1) is 6.42 Å². The van der Waals surface area contributed by atoms with Gasteiger partial charge in [0, 0.05) is 62.0 Å². The van der Waals surface area contributed by atoms with Gasteiger partial charge in [0.1, 0.15) is 0 Å². The Bertz CT molecular complexity index is 989. The number of carbonyl (C=O) groups excluding carboxylic acids is 2. The van der Waals surface area contributed by atoms with Gasteiger partial charge >= 0.3 is 0 Å². The summed E-state index contributed by atoms with van der Waals surface area (Å²) in [7, 11) is 1.71. The summed E-state index contributed by atoms with van der Waals surface area (Å²) in [5.74, 6) is 2.38. The molecule has 0 unspecified atom stereocenters. The number of hydrogen-bond acceptors (Lipinski definition) is 4. The monoisotopic (exact) mass is 424 g/mol. The standard InChI is InChI=1S/C24H32N4O3/c1-5-9-25-23(29)17-26-10-6-11-27(13-12-26)24(30)20-7-8-22-21(16-20)18(2)19(3)28(22)14-15-31-4/h1,7-8,16H,6,9-15,17H2,2-4H3,(H,25,29). The summed E-state index contributed by atoms with van der Waals surface area (Å²) in [6.07, 6.45) is 6.02. The average Bonchev–Trinajstić information content (AvgIpc) is 2.92. The minimum absolute atomic E-state index is 0.0437. The summed E-state index contributed by atoms with van der Waals surface area (Å²) in [5.41, 5.74) is 4.23. The fourth-order valence-corrected chi connectivity index (χ4v) is 4.18. The number of amides is 2. The van der Waals surface area contributed by atoms with Gasteiger partial charge in [0.15, 0.2) is 0 Å². The van der Waals surface area contributed by atoms with E-state index in [9.17, 15) is 9.59 Å². The second kappa shape index (κ2) is 10.5. The van der Waals surface area contributed by atoms with Crippen LogP contribution in [0.1, 0.15) is 28.0 Å². The number of terminal acetylenes is 1. The zero-order chi connectivity index (χ0) is 22.4. The van der Waals surface area contributed by atoms with Crippen molar-refractivity contribution in [1.29, 1.82) is 0 Å². The van der Waals surface area contributed by atoms with Crippen LogP contribution in [0.5, 0.6) is 0 Å². The number of carbonyl (C=O) groups is 2. The van der Waals surface area contributed by atoms with Gasteiger partial charge in [0.05, 0.1) is 19.7 Å². The summed E-state index contributed by atoms with van der Waals surface area (Å²) in [4.78, 5) is 29.1. The van der Waals surface area contributed by atoms with Crippen LogP contribution in [0.4, 0.5) is 0 Å². The Balaban J connectivity index is 1.70. The van der Waals surface area contributed by atoms with Crippen molar-refractivity contribution in [3.8, 4) is 12.3 Å². The molecule has 3 rings (SSSR count). The first-order valence-electron chi connectivity index (χ1n) is 10.8. The normalized spacial score (nSPS) is 15.0. The number of fused-ring (bicyclic) bond motifs is 1. The smallest absolute Gasteiger partial charge is 0.253 e. The highest BCUT2D eigenvalue weighted by Crippen LogP contribution is 2.27. The Hall–Kier alpha value is -2.82. The molecule has 2 heterocycles. The van der Waals surface area contributed by atoms with E-state index in [1.165, 1.54) is 11.3 Å². The lowest BCUT2D eigenvalue weighted by Gasteiger charge is -2.22. The summed E-state index contributed by atoms with van der Waals surface area (Å²) in [6.45, 7) is 8.94. The van der Waals surface area contributed by atoms with Crippen molar-refractivity contribution < 1.29 is 14.3 Å². The maximum Gasteiger partial charge on any atom is 0.253 e. The Morgan fingerprint density at radius 3 is 2.74 bits per heavy atom. The predicted molar refractivity (Wildman–Crippen MR) is 122 cm³/mol. The number of rotatable bonds is 7. The molecular formula is C24H32N4O3. The Labute approximate surface area is 184 Å². The molecule has 0 aliphatic carbocycles. The van der Waals surface area contributed by atoms with Gasteiger partial charge in [-0.2, -0.15) is 0 Å². The third-order valence-corrected chi connectivity index (χ3v) is 6.04. The van der Waals surface area contributed by atoms with Gasteiger partial charge in [0.25, 0.3) is 5.91 Å². The van der Waals surface area contributed by atoms with Crippen molar-refractivity contribution in [1.82, 2.24) is 19.7 Å². The van der Waals surface area contributed by atoms with E-state index in [0.717, 1.165) is 30.4 Å². The third-order valence-electron chi connectivity index (χ3n) is 6.04.